The maximum absolute atomic E-state index is 6.08. The van der Waals surface area contributed by atoms with Gasteiger partial charge in [-0.05, 0) is 46.5 Å². The monoisotopic (exact) mass is 278 g/mol. The summed E-state index contributed by atoms with van der Waals surface area (Å²) in [6, 6.07) is 0. The molecule has 1 rings (SSSR count). The SMILES string of the molecule is CCOC1CCCC(OC(C)(C)CBr)C1. The lowest BCUT2D eigenvalue weighted by Crippen LogP contribution is -2.36. The lowest BCUT2D eigenvalue weighted by Gasteiger charge is -2.34. The van der Waals surface area contributed by atoms with Gasteiger partial charge in [-0.3, -0.25) is 0 Å². The van der Waals surface area contributed by atoms with Crippen molar-refractivity contribution in [3.63, 3.8) is 0 Å². The molecule has 90 valence electrons. The summed E-state index contributed by atoms with van der Waals surface area (Å²) in [6.07, 6.45) is 5.46. The minimum absolute atomic E-state index is 0.0568. The first-order valence-electron chi connectivity index (χ1n) is 5.93. The van der Waals surface area contributed by atoms with Gasteiger partial charge in [0.05, 0.1) is 17.8 Å². The molecular weight excluding hydrogens is 256 g/mol. The van der Waals surface area contributed by atoms with Crippen molar-refractivity contribution in [2.45, 2.75) is 64.3 Å². The van der Waals surface area contributed by atoms with Crippen LogP contribution in [0.1, 0.15) is 46.5 Å². The Morgan fingerprint density at radius 3 is 2.53 bits per heavy atom. The second kappa shape index (κ2) is 6.21. The Hall–Kier alpha value is 0.400. The van der Waals surface area contributed by atoms with Crippen LogP contribution in [-0.4, -0.2) is 29.7 Å². The summed E-state index contributed by atoms with van der Waals surface area (Å²) >= 11 is 3.49. The van der Waals surface area contributed by atoms with Crippen LogP contribution in [0.2, 0.25) is 0 Å². The van der Waals surface area contributed by atoms with E-state index in [0.29, 0.717) is 12.2 Å². The van der Waals surface area contributed by atoms with E-state index in [1.807, 2.05) is 0 Å². The molecule has 0 aliphatic heterocycles. The molecule has 0 aromatic heterocycles. The largest absolute Gasteiger partial charge is 0.378 e. The maximum Gasteiger partial charge on any atom is 0.0726 e. The van der Waals surface area contributed by atoms with Gasteiger partial charge in [-0.2, -0.15) is 0 Å². The van der Waals surface area contributed by atoms with Crippen molar-refractivity contribution in [3.05, 3.63) is 0 Å². The maximum atomic E-state index is 6.08. The summed E-state index contributed by atoms with van der Waals surface area (Å²) in [5, 5.41) is 0.885. The van der Waals surface area contributed by atoms with Gasteiger partial charge in [0.1, 0.15) is 0 Å². The molecule has 0 spiro atoms. The zero-order chi connectivity index (χ0) is 11.3. The van der Waals surface area contributed by atoms with Gasteiger partial charge in [-0.25, -0.2) is 0 Å². The Bertz CT molecular complexity index is 180. The number of rotatable bonds is 5. The van der Waals surface area contributed by atoms with E-state index in [0.717, 1.165) is 18.4 Å². The summed E-state index contributed by atoms with van der Waals surface area (Å²) in [4.78, 5) is 0. The average Bonchev–Trinajstić information content (AvgIpc) is 2.18. The van der Waals surface area contributed by atoms with E-state index in [-0.39, 0.29) is 5.60 Å². The van der Waals surface area contributed by atoms with Crippen molar-refractivity contribution in [2.24, 2.45) is 0 Å². The minimum atomic E-state index is -0.0568. The highest BCUT2D eigenvalue weighted by atomic mass is 79.9. The van der Waals surface area contributed by atoms with Crippen molar-refractivity contribution in [1.82, 2.24) is 0 Å². The molecule has 1 saturated carbocycles. The van der Waals surface area contributed by atoms with Crippen molar-refractivity contribution in [1.29, 1.82) is 0 Å². The minimum Gasteiger partial charge on any atom is -0.378 e. The first kappa shape index (κ1) is 13.5. The van der Waals surface area contributed by atoms with Crippen LogP contribution in [0.5, 0.6) is 0 Å². The number of alkyl halides is 1. The van der Waals surface area contributed by atoms with E-state index in [1.54, 1.807) is 0 Å². The van der Waals surface area contributed by atoms with Gasteiger partial charge in [0.2, 0.25) is 0 Å². The van der Waals surface area contributed by atoms with Gasteiger partial charge in [0.15, 0.2) is 0 Å². The van der Waals surface area contributed by atoms with E-state index < -0.39 is 0 Å². The quantitative estimate of drug-likeness (QED) is 0.717. The van der Waals surface area contributed by atoms with Crippen molar-refractivity contribution in [2.75, 3.05) is 11.9 Å². The number of hydrogen-bond acceptors (Lipinski definition) is 2. The molecule has 2 unspecified atom stereocenters. The molecule has 0 aromatic carbocycles. The molecule has 0 heterocycles. The summed E-state index contributed by atoms with van der Waals surface area (Å²) in [7, 11) is 0. The van der Waals surface area contributed by atoms with Crippen LogP contribution in [0, 0.1) is 0 Å². The van der Waals surface area contributed by atoms with E-state index in [1.165, 1.54) is 19.3 Å². The normalized spacial score (nSPS) is 28.0. The second-order valence-electron chi connectivity index (χ2n) is 4.88. The predicted octanol–water partition coefficient (Wildman–Crippen LogP) is 3.52. The molecule has 0 saturated heterocycles. The van der Waals surface area contributed by atoms with Crippen molar-refractivity contribution < 1.29 is 9.47 Å². The zero-order valence-corrected chi connectivity index (χ0v) is 11.7. The summed E-state index contributed by atoms with van der Waals surface area (Å²) < 4.78 is 11.7. The highest BCUT2D eigenvalue weighted by Crippen LogP contribution is 2.27. The van der Waals surface area contributed by atoms with E-state index in [2.05, 4.69) is 36.7 Å². The summed E-state index contributed by atoms with van der Waals surface area (Å²) in [5.41, 5.74) is -0.0568. The molecule has 2 nitrogen and oxygen atoms in total. The topological polar surface area (TPSA) is 18.5 Å². The van der Waals surface area contributed by atoms with Gasteiger partial charge in [0, 0.05) is 11.9 Å². The molecule has 3 heteroatoms. The Morgan fingerprint density at radius 1 is 1.27 bits per heavy atom. The molecule has 1 fully saturated rings. The van der Waals surface area contributed by atoms with E-state index >= 15 is 0 Å². The zero-order valence-electron chi connectivity index (χ0n) is 10.1. The number of ether oxygens (including phenoxy) is 2. The fourth-order valence-corrected chi connectivity index (χ4v) is 2.21. The Balaban J connectivity index is 2.36. The standard InChI is InChI=1S/C12H23BrO2/c1-4-14-10-6-5-7-11(8-10)15-12(2,3)9-13/h10-11H,4-9H2,1-3H3. The van der Waals surface area contributed by atoms with Gasteiger partial charge in [-0.15, -0.1) is 0 Å². The molecule has 0 amide bonds. The molecule has 1 aliphatic rings. The molecular formula is C12H23BrO2. The molecule has 0 bridgehead atoms. The van der Waals surface area contributed by atoms with Crippen LogP contribution in [0.4, 0.5) is 0 Å². The molecule has 2 atom stereocenters. The molecule has 0 radical (unpaired) electrons. The van der Waals surface area contributed by atoms with E-state index in [4.69, 9.17) is 9.47 Å². The molecule has 0 N–H and O–H groups in total. The van der Waals surface area contributed by atoms with Crippen LogP contribution in [-0.2, 0) is 9.47 Å². The van der Waals surface area contributed by atoms with Crippen LogP contribution in [0.15, 0.2) is 0 Å². The Kier molecular flexibility index (Phi) is 5.58. The Labute approximate surface area is 102 Å². The van der Waals surface area contributed by atoms with Crippen LogP contribution in [0.3, 0.4) is 0 Å². The van der Waals surface area contributed by atoms with Crippen molar-refractivity contribution >= 4 is 15.9 Å². The molecule has 1 aliphatic carbocycles. The summed E-state index contributed by atoms with van der Waals surface area (Å²) in [6.45, 7) is 7.14. The fraction of sp³-hybridized carbons (Fsp3) is 1.00. The third-order valence-electron chi connectivity index (χ3n) is 2.79. The third kappa shape index (κ3) is 4.83. The van der Waals surface area contributed by atoms with Crippen LogP contribution < -0.4 is 0 Å². The van der Waals surface area contributed by atoms with Crippen LogP contribution in [0.25, 0.3) is 0 Å². The van der Waals surface area contributed by atoms with E-state index in [9.17, 15) is 0 Å². The second-order valence-corrected chi connectivity index (χ2v) is 5.44. The van der Waals surface area contributed by atoms with Gasteiger partial charge < -0.3 is 9.47 Å². The first-order chi connectivity index (χ1) is 7.07. The average molecular weight is 279 g/mol. The highest BCUT2D eigenvalue weighted by Gasteiger charge is 2.28. The van der Waals surface area contributed by atoms with Gasteiger partial charge in [-0.1, -0.05) is 15.9 Å². The molecule has 15 heavy (non-hydrogen) atoms. The third-order valence-corrected chi connectivity index (χ3v) is 4.14. The van der Waals surface area contributed by atoms with Crippen LogP contribution >= 0.6 is 15.9 Å². The van der Waals surface area contributed by atoms with Gasteiger partial charge >= 0.3 is 0 Å². The Morgan fingerprint density at radius 2 is 1.93 bits per heavy atom. The first-order valence-corrected chi connectivity index (χ1v) is 7.05. The lowest BCUT2D eigenvalue weighted by molar-refractivity contribution is -0.0990. The van der Waals surface area contributed by atoms with Gasteiger partial charge in [0.25, 0.3) is 0 Å². The lowest BCUT2D eigenvalue weighted by atomic mass is 9.94. The highest BCUT2D eigenvalue weighted by molar-refractivity contribution is 9.09. The number of hydrogen-bond donors (Lipinski definition) is 0. The predicted molar refractivity (Wildman–Crippen MR) is 66.6 cm³/mol. The van der Waals surface area contributed by atoms with Crippen molar-refractivity contribution in [3.8, 4) is 0 Å². The molecule has 0 aromatic rings. The smallest absolute Gasteiger partial charge is 0.0726 e. The number of halogens is 1. The fourth-order valence-electron chi connectivity index (χ4n) is 2.08. The summed E-state index contributed by atoms with van der Waals surface area (Å²) in [5.74, 6) is 0.